The third-order valence-electron chi connectivity index (χ3n) is 8.71. The number of hydrogen-bond donors (Lipinski definition) is 3. The summed E-state index contributed by atoms with van der Waals surface area (Å²) in [7, 11) is -1.10. The molecule has 2 heterocycles. The van der Waals surface area contributed by atoms with E-state index in [9.17, 15) is 9.90 Å². The van der Waals surface area contributed by atoms with Crippen molar-refractivity contribution in [2.24, 2.45) is 0 Å². The molecule has 10 nitrogen and oxygen atoms in total. The summed E-state index contributed by atoms with van der Waals surface area (Å²) in [5.74, 6) is 1.54. The zero-order valence-electron chi connectivity index (χ0n) is 28.7. The van der Waals surface area contributed by atoms with Gasteiger partial charge in [0.2, 0.25) is 5.95 Å². The molecule has 0 aliphatic heterocycles. The second-order valence-corrected chi connectivity index (χ2v) is 17.6. The Balaban J connectivity index is 1.48. The molecule has 5 rings (SSSR count). The maximum Gasteiger partial charge on any atom is 0.411 e. The lowest BCUT2D eigenvalue weighted by molar-refractivity contribution is 0.209. The van der Waals surface area contributed by atoms with E-state index < -0.39 is 14.4 Å². The topological polar surface area (TPSA) is 123 Å². The van der Waals surface area contributed by atoms with Gasteiger partial charge in [0.25, 0.3) is 8.32 Å². The van der Waals surface area contributed by atoms with E-state index in [2.05, 4.69) is 102 Å². The molecule has 0 unspecified atom stereocenters. The molecule has 0 aliphatic carbocycles. The van der Waals surface area contributed by atoms with Crippen LogP contribution in [-0.4, -0.2) is 59.0 Å². The summed E-state index contributed by atoms with van der Waals surface area (Å²) in [6.45, 7) is 9.86. The predicted octanol–water partition coefficient (Wildman–Crippen LogP) is 7.26. The minimum atomic E-state index is -2.72. The first-order valence-corrected chi connectivity index (χ1v) is 19.0. The van der Waals surface area contributed by atoms with Crippen molar-refractivity contribution in [3.63, 3.8) is 0 Å². The number of amides is 1. The lowest BCUT2D eigenvalue weighted by atomic mass is 10.1. The van der Waals surface area contributed by atoms with Crippen LogP contribution in [0.3, 0.4) is 0 Å². The third-order valence-corrected chi connectivity index (χ3v) is 14.1. The summed E-state index contributed by atoms with van der Waals surface area (Å²) in [6, 6.07) is 27.0. The molecule has 0 aliphatic rings. The molecule has 0 fully saturated rings. The fourth-order valence-corrected chi connectivity index (χ4v) is 11.2. The van der Waals surface area contributed by atoms with Crippen LogP contribution in [0.15, 0.2) is 85.1 Å². The van der Waals surface area contributed by atoms with Crippen LogP contribution in [-0.2, 0) is 16.9 Å². The highest BCUT2D eigenvalue weighted by molar-refractivity contribution is 6.99. The predicted molar refractivity (Wildman–Crippen MR) is 199 cm³/mol. The van der Waals surface area contributed by atoms with E-state index in [1.165, 1.54) is 10.4 Å². The van der Waals surface area contributed by atoms with E-state index in [4.69, 9.17) is 20.8 Å². The van der Waals surface area contributed by atoms with Crippen molar-refractivity contribution >= 4 is 59.2 Å². The van der Waals surface area contributed by atoms with Crippen molar-refractivity contribution in [2.75, 3.05) is 24.4 Å². The van der Waals surface area contributed by atoms with Gasteiger partial charge in [0, 0.05) is 24.1 Å². The van der Waals surface area contributed by atoms with Gasteiger partial charge < -0.3 is 19.6 Å². The van der Waals surface area contributed by atoms with Gasteiger partial charge in [-0.2, -0.15) is 10.1 Å². The Labute approximate surface area is 294 Å². The van der Waals surface area contributed by atoms with Crippen molar-refractivity contribution in [2.45, 2.75) is 70.5 Å². The average Bonchev–Trinajstić information content (AvgIpc) is 3.49. The molecule has 3 N–H and O–H groups in total. The van der Waals surface area contributed by atoms with Crippen LogP contribution in [0.25, 0.3) is 11.0 Å². The minimum Gasteiger partial charge on any atom is -0.496 e. The Morgan fingerprint density at radius 3 is 2.24 bits per heavy atom. The number of methoxy groups -OCH3 is 1. The smallest absolute Gasteiger partial charge is 0.411 e. The third kappa shape index (κ3) is 8.06. The van der Waals surface area contributed by atoms with Crippen molar-refractivity contribution < 1.29 is 19.1 Å². The highest BCUT2D eigenvalue weighted by Gasteiger charge is 2.50. The Morgan fingerprint density at radius 1 is 1.00 bits per heavy atom. The summed E-state index contributed by atoms with van der Waals surface area (Å²) in [4.78, 5) is 20.7. The van der Waals surface area contributed by atoms with Crippen molar-refractivity contribution in [1.29, 1.82) is 0 Å². The average molecular weight is 701 g/mol. The maximum absolute atomic E-state index is 11.6. The molecular weight excluding hydrogens is 656 g/mol. The number of ether oxygens (including phenoxy) is 1. The number of benzene rings is 3. The number of hydrogen-bond acceptors (Lipinski definition) is 7. The molecular formula is C37H45ClN6O4Si. The molecule has 2 aromatic heterocycles. The fraction of sp³-hybridized carbons (Fsp3) is 0.351. The highest BCUT2D eigenvalue weighted by atomic mass is 35.5. The number of nitrogens with zero attached hydrogens (tertiary/aromatic N) is 4. The van der Waals surface area contributed by atoms with E-state index in [0.717, 1.165) is 24.0 Å². The number of rotatable bonds is 15. The van der Waals surface area contributed by atoms with Gasteiger partial charge in [0.1, 0.15) is 16.8 Å². The van der Waals surface area contributed by atoms with Gasteiger partial charge in [0.05, 0.1) is 19.9 Å². The number of aromatic nitrogens is 4. The van der Waals surface area contributed by atoms with Crippen LogP contribution < -0.4 is 25.7 Å². The number of nitrogens with one attached hydrogen (secondary N) is 2. The van der Waals surface area contributed by atoms with Gasteiger partial charge in [-0.05, 0) is 39.9 Å². The molecule has 3 aromatic carbocycles. The fourth-order valence-electron chi connectivity index (χ4n) is 6.48. The number of carbonyl (C=O) groups is 1. The van der Waals surface area contributed by atoms with Crippen LogP contribution in [0.1, 0.15) is 58.1 Å². The molecule has 0 bridgehead atoms. The summed E-state index contributed by atoms with van der Waals surface area (Å²) < 4.78 is 14.7. The standard InChI is InChI=1S/C37H45ClN6O4Si/c1-6-13-28(20-21-48-49(37(2,3)4,29-14-9-7-10-15-29)30-16-11-8-12-17-30)40-34-33-31(41-35(42-34)43-36(45)46)24-39-44(33)25-27-19-18-26(23-38)22-32(27)47-5/h7-12,14-19,22,24,28H,6,13,20-21,23,25H2,1-5H3,(H,45,46)(H2,40,41,42,43)/t28-/m0/s1. The van der Waals surface area contributed by atoms with E-state index in [-0.39, 0.29) is 17.0 Å². The van der Waals surface area contributed by atoms with Gasteiger partial charge in [-0.1, -0.05) is 107 Å². The van der Waals surface area contributed by atoms with Crippen molar-refractivity contribution in [3.8, 4) is 5.75 Å². The molecule has 0 spiro atoms. The number of halogens is 1. The Hall–Kier alpha value is -4.45. The molecule has 49 heavy (non-hydrogen) atoms. The summed E-state index contributed by atoms with van der Waals surface area (Å²) in [5, 5.41) is 22.4. The van der Waals surface area contributed by atoms with Crippen LogP contribution in [0.2, 0.25) is 5.04 Å². The first-order chi connectivity index (χ1) is 23.6. The molecule has 0 saturated carbocycles. The molecule has 0 radical (unpaired) electrons. The van der Waals surface area contributed by atoms with Crippen LogP contribution in [0.4, 0.5) is 16.6 Å². The van der Waals surface area contributed by atoms with E-state index >= 15 is 0 Å². The summed E-state index contributed by atoms with van der Waals surface area (Å²) >= 11 is 6.07. The molecule has 258 valence electrons. The number of carboxylic acid groups (broad SMARTS) is 1. The largest absolute Gasteiger partial charge is 0.496 e. The zero-order chi connectivity index (χ0) is 35.0. The SMILES string of the molecule is CCC[C@@H](CCO[Si](c1ccccc1)(c1ccccc1)C(C)(C)C)Nc1nc(NC(=O)O)nc2cnn(Cc3ccc(CCl)cc3OC)c12. The summed E-state index contributed by atoms with van der Waals surface area (Å²) in [5.41, 5.74) is 3.03. The quantitative estimate of drug-likeness (QED) is 0.0771. The van der Waals surface area contributed by atoms with Crippen LogP contribution in [0, 0.1) is 0 Å². The Morgan fingerprint density at radius 2 is 1.67 bits per heavy atom. The van der Waals surface area contributed by atoms with E-state index in [1.807, 2.05) is 35.0 Å². The monoisotopic (exact) mass is 700 g/mol. The minimum absolute atomic E-state index is 0.0232. The normalized spacial score (nSPS) is 12.5. The van der Waals surface area contributed by atoms with E-state index in [0.29, 0.717) is 48.1 Å². The number of fused-ring (bicyclic) bond motifs is 1. The van der Waals surface area contributed by atoms with Gasteiger partial charge in [-0.25, -0.2) is 9.78 Å². The van der Waals surface area contributed by atoms with Crippen LogP contribution >= 0.6 is 11.6 Å². The van der Waals surface area contributed by atoms with Crippen LogP contribution in [0.5, 0.6) is 5.75 Å². The first kappa shape index (κ1) is 35.8. The molecule has 1 amide bonds. The van der Waals surface area contributed by atoms with Gasteiger partial charge in [-0.3, -0.25) is 10.00 Å². The lowest BCUT2D eigenvalue weighted by Gasteiger charge is -2.43. The van der Waals surface area contributed by atoms with Crippen molar-refractivity contribution in [3.05, 3.63) is 96.2 Å². The number of anilines is 2. The zero-order valence-corrected chi connectivity index (χ0v) is 30.5. The molecule has 12 heteroatoms. The van der Waals surface area contributed by atoms with Gasteiger partial charge in [-0.15, -0.1) is 11.6 Å². The number of alkyl halides is 1. The summed E-state index contributed by atoms with van der Waals surface area (Å²) in [6.07, 6.45) is 2.85. The lowest BCUT2D eigenvalue weighted by Crippen LogP contribution is -2.66. The van der Waals surface area contributed by atoms with E-state index in [1.54, 1.807) is 13.3 Å². The Bertz CT molecular complexity index is 1810. The molecule has 0 saturated heterocycles. The molecule has 1 atom stereocenters. The van der Waals surface area contributed by atoms with Gasteiger partial charge >= 0.3 is 6.09 Å². The second-order valence-electron chi connectivity index (χ2n) is 13.1. The highest BCUT2D eigenvalue weighted by Crippen LogP contribution is 2.37. The first-order valence-electron chi connectivity index (χ1n) is 16.6. The maximum atomic E-state index is 11.6. The Kier molecular flexibility index (Phi) is 11.6. The van der Waals surface area contributed by atoms with Gasteiger partial charge in [0.15, 0.2) is 5.82 Å². The second kappa shape index (κ2) is 15.8. The van der Waals surface area contributed by atoms with Crippen molar-refractivity contribution in [1.82, 2.24) is 19.7 Å². The molecule has 5 aromatic rings.